The number of hydrogen-bond acceptors (Lipinski definition) is 3. The Hall–Kier alpha value is -1.42. The van der Waals surface area contributed by atoms with Gasteiger partial charge >= 0.3 is 0 Å². The Kier molecular flexibility index (Phi) is 3.74. The fourth-order valence-electron chi connectivity index (χ4n) is 3.44. The predicted octanol–water partition coefficient (Wildman–Crippen LogP) is 2.87. The number of nitrogens with zero attached hydrogens (tertiary/aromatic N) is 3. The SMILES string of the molecule is CCCn1c(C2(CC)CCNCC2)nc2cccnc21. The Morgan fingerprint density at radius 3 is 2.80 bits per heavy atom. The molecule has 3 heterocycles. The number of nitrogens with one attached hydrogen (secondary N) is 1. The van der Waals surface area contributed by atoms with Crippen LogP contribution in [-0.4, -0.2) is 27.6 Å². The van der Waals surface area contributed by atoms with Crippen LogP contribution in [0.3, 0.4) is 0 Å². The van der Waals surface area contributed by atoms with E-state index in [4.69, 9.17) is 4.98 Å². The summed E-state index contributed by atoms with van der Waals surface area (Å²) in [6.07, 6.45) is 6.50. The molecular formula is C16H24N4. The van der Waals surface area contributed by atoms with Gasteiger partial charge in [0.15, 0.2) is 5.65 Å². The molecule has 2 aromatic heterocycles. The second-order valence-electron chi connectivity index (χ2n) is 5.82. The number of hydrogen-bond donors (Lipinski definition) is 1. The van der Waals surface area contributed by atoms with Gasteiger partial charge < -0.3 is 9.88 Å². The fraction of sp³-hybridized carbons (Fsp3) is 0.625. The lowest BCUT2D eigenvalue weighted by atomic mass is 9.76. The van der Waals surface area contributed by atoms with E-state index in [-0.39, 0.29) is 5.41 Å². The molecular weight excluding hydrogens is 248 g/mol. The van der Waals surface area contributed by atoms with Crippen molar-refractivity contribution >= 4 is 11.2 Å². The summed E-state index contributed by atoms with van der Waals surface area (Å²) in [7, 11) is 0. The quantitative estimate of drug-likeness (QED) is 0.930. The second kappa shape index (κ2) is 5.52. The van der Waals surface area contributed by atoms with Gasteiger partial charge in [-0.25, -0.2) is 9.97 Å². The summed E-state index contributed by atoms with van der Waals surface area (Å²) in [5.41, 5.74) is 2.32. The predicted molar refractivity (Wildman–Crippen MR) is 81.9 cm³/mol. The smallest absolute Gasteiger partial charge is 0.159 e. The summed E-state index contributed by atoms with van der Waals surface area (Å²) >= 11 is 0. The molecule has 0 radical (unpaired) electrons. The molecule has 1 saturated heterocycles. The lowest BCUT2D eigenvalue weighted by molar-refractivity contribution is 0.274. The second-order valence-corrected chi connectivity index (χ2v) is 5.82. The van der Waals surface area contributed by atoms with E-state index in [2.05, 4.69) is 34.8 Å². The van der Waals surface area contributed by atoms with E-state index in [0.29, 0.717) is 0 Å². The van der Waals surface area contributed by atoms with Gasteiger partial charge in [0.2, 0.25) is 0 Å². The zero-order valence-corrected chi connectivity index (χ0v) is 12.5. The third kappa shape index (κ3) is 2.12. The number of imidazole rings is 1. The zero-order valence-electron chi connectivity index (χ0n) is 12.5. The minimum Gasteiger partial charge on any atom is -0.317 e. The van der Waals surface area contributed by atoms with Gasteiger partial charge in [0.05, 0.1) is 0 Å². The van der Waals surface area contributed by atoms with E-state index in [1.807, 2.05) is 12.3 Å². The van der Waals surface area contributed by atoms with Crippen LogP contribution >= 0.6 is 0 Å². The molecule has 1 aliphatic heterocycles. The molecule has 0 atom stereocenters. The summed E-state index contributed by atoms with van der Waals surface area (Å²) in [4.78, 5) is 9.54. The Labute approximate surface area is 120 Å². The van der Waals surface area contributed by atoms with Crippen LogP contribution in [0.2, 0.25) is 0 Å². The minimum atomic E-state index is 0.223. The summed E-state index contributed by atoms with van der Waals surface area (Å²) in [5.74, 6) is 1.26. The molecule has 108 valence electrons. The first-order chi connectivity index (χ1) is 9.80. The molecule has 0 aliphatic carbocycles. The molecule has 0 saturated carbocycles. The Bertz CT molecular complexity index is 581. The maximum absolute atomic E-state index is 4.97. The van der Waals surface area contributed by atoms with E-state index in [0.717, 1.165) is 43.6 Å². The van der Waals surface area contributed by atoms with Gasteiger partial charge in [-0.3, -0.25) is 0 Å². The van der Waals surface area contributed by atoms with Crippen LogP contribution < -0.4 is 5.32 Å². The summed E-state index contributed by atoms with van der Waals surface area (Å²) in [6, 6.07) is 4.07. The molecule has 20 heavy (non-hydrogen) atoms. The van der Waals surface area contributed by atoms with Crippen molar-refractivity contribution in [1.29, 1.82) is 0 Å². The Morgan fingerprint density at radius 1 is 1.30 bits per heavy atom. The Balaban J connectivity index is 2.15. The maximum atomic E-state index is 4.97. The van der Waals surface area contributed by atoms with Crippen molar-refractivity contribution in [3.63, 3.8) is 0 Å². The van der Waals surface area contributed by atoms with Crippen LogP contribution in [-0.2, 0) is 12.0 Å². The van der Waals surface area contributed by atoms with Gasteiger partial charge in [0, 0.05) is 18.2 Å². The molecule has 1 N–H and O–H groups in total. The molecule has 0 aromatic carbocycles. The molecule has 0 bridgehead atoms. The van der Waals surface area contributed by atoms with E-state index < -0.39 is 0 Å². The van der Waals surface area contributed by atoms with Crippen molar-refractivity contribution in [2.45, 2.75) is 51.5 Å². The highest BCUT2D eigenvalue weighted by molar-refractivity contribution is 5.71. The number of aryl methyl sites for hydroxylation is 1. The van der Waals surface area contributed by atoms with Crippen molar-refractivity contribution in [1.82, 2.24) is 19.9 Å². The van der Waals surface area contributed by atoms with Crippen LogP contribution in [0.5, 0.6) is 0 Å². The normalized spacial score (nSPS) is 18.5. The van der Waals surface area contributed by atoms with E-state index in [9.17, 15) is 0 Å². The molecule has 2 aromatic rings. The topological polar surface area (TPSA) is 42.7 Å². The van der Waals surface area contributed by atoms with Crippen LogP contribution in [0.15, 0.2) is 18.3 Å². The van der Waals surface area contributed by atoms with Gasteiger partial charge in [-0.1, -0.05) is 13.8 Å². The summed E-state index contributed by atoms with van der Waals surface area (Å²) in [6.45, 7) is 7.72. The molecule has 0 amide bonds. The number of pyridine rings is 1. The van der Waals surface area contributed by atoms with Crippen LogP contribution in [0.1, 0.15) is 45.4 Å². The third-order valence-electron chi connectivity index (χ3n) is 4.66. The number of aromatic nitrogens is 3. The van der Waals surface area contributed by atoms with Gasteiger partial charge in [0.25, 0.3) is 0 Å². The van der Waals surface area contributed by atoms with Crippen LogP contribution in [0.4, 0.5) is 0 Å². The van der Waals surface area contributed by atoms with E-state index in [1.54, 1.807) is 0 Å². The highest BCUT2D eigenvalue weighted by Crippen LogP contribution is 2.37. The molecule has 4 heteroatoms. The van der Waals surface area contributed by atoms with Gasteiger partial charge in [-0.2, -0.15) is 0 Å². The molecule has 1 aliphatic rings. The van der Waals surface area contributed by atoms with Crippen molar-refractivity contribution in [3.05, 3.63) is 24.2 Å². The minimum absolute atomic E-state index is 0.223. The van der Waals surface area contributed by atoms with Gasteiger partial charge in [-0.15, -0.1) is 0 Å². The van der Waals surface area contributed by atoms with Crippen molar-refractivity contribution in [3.8, 4) is 0 Å². The largest absolute Gasteiger partial charge is 0.317 e. The monoisotopic (exact) mass is 272 g/mol. The molecule has 0 spiro atoms. The molecule has 0 unspecified atom stereocenters. The number of fused-ring (bicyclic) bond motifs is 1. The average molecular weight is 272 g/mol. The summed E-state index contributed by atoms with van der Waals surface area (Å²) in [5, 5.41) is 3.48. The number of piperidine rings is 1. The van der Waals surface area contributed by atoms with Crippen LogP contribution in [0.25, 0.3) is 11.2 Å². The highest BCUT2D eigenvalue weighted by atomic mass is 15.1. The first-order valence-electron chi connectivity index (χ1n) is 7.83. The van der Waals surface area contributed by atoms with Crippen molar-refractivity contribution in [2.24, 2.45) is 0 Å². The first-order valence-corrected chi connectivity index (χ1v) is 7.83. The zero-order chi connectivity index (χ0) is 14.0. The maximum Gasteiger partial charge on any atom is 0.159 e. The lowest BCUT2D eigenvalue weighted by Crippen LogP contribution is -2.41. The molecule has 4 nitrogen and oxygen atoms in total. The summed E-state index contributed by atoms with van der Waals surface area (Å²) < 4.78 is 2.37. The van der Waals surface area contributed by atoms with Crippen LogP contribution in [0, 0.1) is 0 Å². The van der Waals surface area contributed by atoms with Crippen molar-refractivity contribution in [2.75, 3.05) is 13.1 Å². The standard InChI is InChI=1S/C16H24N4/c1-3-12-20-14-13(6-5-9-18-14)19-15(20)16(4-2)7-10-17-11-8-16/h5-6,9,17H,3-4,7-8,10-12H2,1-2H3. The van der Waals surface area contributed by atoms with Crippen molar-refractivity contribution < 1.29 is 0 Å². The molecule has 3 rings (SSSR count). The van der Waals surface area contributed by atoms with E-state index in [1.165, 1.54) is 18.7 Å². The number of rotatable bonds is 4. The lowest BCUT2D eigenvalue weighted by Gasteiger charge is -2.36. The highest BCUT2D eigenvalue weighted by Gasteiger charge is 2.36. The Morgan fingerprint density at radius 2 is 2.10 bits per heavy atom. The first kappa shape index (κ1) is 13.6. The van der Waals surface area contributed by atoms with Gasteiger partial charge in [0.1, 0.15) is 11.3 Å². The average Bonchev–Trinajstić information content (AvgIpc) is 2.88. The van der Waals surface area contributed by atoms with Gasteiger partial charge in [-0.05, 0) is 50.9 Å². The van der Waals surface area contributed by atoms with E-state index >= 15 is 0 Å². The molecule has 1 fully saturated rings. The fourth-order valence-corrected chi connectivity index (χ4v) is 3.44. The third-order valence-corrected chi connectivity index (χ3v) is 4.66.